The van der Waals surface area contributed by atoms with Gasteiger partial charge in [0.05, 0.1) is 37.3 Å². The lowest BCUT2D eigenvalue weighted by atomic mass is 9.97. The minimum Gasteiger partial charge on any atom is -0.497 e. The van der Waals surface area contributed by atoms with Crippen LogP contribution >= 0.6 is 34.7 Å². The van der Waals surface area contributed by atoms with Crippen molar-refractivity contribution in [2.24, 2.45) is 5.10 Å². The third-order valence-corrected chi connectivity index (χ3v) is 8.59. The highest BCUT2D eigenvalue weighted by molar-refractivity contribution is 7.99. The molecule has 0 saturated heterocycles. The molecule has 0 fully saturated rings. The first-order valence-corrected chi connectivity index (χ1v) is 14.2. The third-order valence-electron chi connectivity index (χ3n) is 6.21. The molecule has 2 aromatic heterocycles. The van der Waals surface area contributed by atoms with E-state index in [2.05, 4.69) is 10.5 Å². The molecule has 4 aromatic rings. The van der Waals surface area contributed by atoms with Crippen LogP contribution in [0.25, 0.3) is 15.9 Å². The lowest BCUT2D eigenvalue weighted by Gasteiger charge is -2.13. The molecule has 0 saturated carbocycles. The molecule has 1 amide bonds. The van der Waals surface area contributed by atoms with Gasteiger partial charge in [-0.25, -0.2) is 10.4 Å². The van der Waals surface area contributed by atoms with E-state index in [-0.39, 0.29) is 17.2 Å². The van der Waals surface area contributed by atoms with Crippen molar-refractivity contribution in [2.45, 2.75) is 30.8 Å². The molecule has 38 heavy (non-hydrogen) atoms. The van der Waals surface area contributed by atoms with Crippen molar-refractivity contribution in [1.29, 1.82) is 0 Å². The molecule has 0 atom stereocenters. The number of benzene rings is 2. The van der Waals surface area contributed by atoms with Gasteiger partial charge < -0.3 is 9.47 Å². The normalized spacial score (nSPS) is 13.0. The monoisotopic (exact) mass is 568 g/mol. The molecular weight excluding hydrogens is 544 g/mol. The Balaban J connectivity index is 1.39. The zero-order valence-electron chi connectivity index (χ0n) is 20.8. The quantitative estimate of drug-likeness (QED) is 0.135. The van der Waals surface area contributed by atoms with Gasteiger partial charge in [-0.2, -0.15) is 5.10 Å². The predicted molar refractivity (Wildman–Crippen MR) is 153 cm³/mol. The molecule has 1 aliphatic carbocycles. The second-order valence-electron chi connectivity index (χ2n) is 8.59. The van der Waals surface area contributed by atoms with Crippen molar-refractivity contribution in [3.8, 4) is 17.2 Å². The highest BCUT2D eigenvalue weighted by Gasteiger charge is 2.23. The van der Waals surface area contributed by atoms with Gasteiger partial charge in [0.1, 0.15) is 16.3 Å². The van der Waals surface area contributed by atoms with E-state index in [9.17, 15) is 9.59 Å². The summed E-state index contributed by atoms with van der Waals surface area (Å²) in [6.45, 7) is 0. The van der Waals surface area contributed by atoms with Crippen molar-refractivity contribution < 1.29 is 14.3 Å². The largest absolute Gasteiger partial charge is 0.497 e. The first kappa shape index (κ1) is 26.3. The molecule has 0 aliphatic heterocycles. The number of carbonyl (C=O) groups is 1. The van der Waals surface area contributed by atoms with Crippen molar-refractivity contribution in [1.82, 2.24) is 15.0 Å². The Labute approximate surface area is 232 Å². The number of fused-ring (bicyclic) bond motifs is 3. The average Bonchev–Trinajstić information content (AvgIpc) is 3.31. The van der Waals surface area contributed by atoms with E-state index in [1.54, 1.807) is 72.6 Å². The Hall–Kier alpha value is -3.34. The number of methoxy groups -OCH3 is 2. The van der Waals surface area contributed by atoms with Gasteiger partial charge in [-0.3, -0.25) is 14.2 Å². The lowest BCUT2D eigenvalue weighted by molar-refractivity contribution is -0.118. The maximum atomic E-state index is 13.8. The molecule has 8 nitrogen and oxygen atoms in total. The molecule has 0 bridgehead atoms. The van der Waals surface area contributed by atoms with Crippen molar-refractivity contribution in [2.75, 3.05) is 20.0 Å². The molecule has 196 valence electrons. The van der Waals surface area contributed by atoms with Crippen molar-refractivity contribution in [3.05, 3.63) is 73.8 Å². The van der Waals surface area contributed by atoms with E-state index in [4.69, 9.17) is 26.1 Å². The number of thioether (sulfide) groups is 1. The van der Waals surface area contributed by atoms with Gasteiger partial charge in [-0.1, -0.05) is 23.4 Å². The van der Waals surface area contributed by atoms with Crippen molar-refractivity contribution >= 4 is 57.0 Å². The van der Waals surface area contributed by atoms with Crippen LogP contribution in [0.4, 0.5) is 0 Å². The summed E-state index contributed by atoms with van der Waals surface area (Å²) in [5.74, 6) is 0.913. The number of ether oxygens (including phenoxy) is 2. The highest BCUT2D eigenvalue weighted by Crippen LogP contribution is 2.35. The fourth-order valence-electron chi connectivity index (χ4n) is 4.36. The minimum absolute atomic E-state index is 0.0215. The standard InChI is InChI=1S/C27H25ClN4O4S2/c1-35-19-12-7-16(21(13-19)36-2)14-29-31-23(33)15-37-27-30-25-24(20-5-3-4-6-22(20)38-25)26(34)32(27)18-10-8-17(28)9-11-18/h7-14H,3-6,15H2,1-2H3,(H,31,33). The molecular formula is C27H25ClN4O4S2. The summed E-state index contributed by atoms with van der Waals surface area (Å²) in [7, 11) is 3.13. The number of amides is 1. The van der Waals surface area contributed by atoms with E-state index in [1.165, 1.54) is 22.9 Å². The van der Waals surface area contributed by atoms with E-state index in [0.717, 1.165) is 36.1 Å². The van der Waals surface area contributed by atoms with Gasteiger partial charge >= 0.3 is 0 Å². The van der Waals surface area contributed by atoms with E-state index in [0.29, 0.717) is 38.3 Å². The van der Waals surface area contributed by atoms with Gasteiger partial charge in [0.25, 0.3) is 11.5 Å². The fraction of sp³-hybridized carbons (Fsp3) is 0.259. The number of aromatic nitrogens is 2. The Bertz CT molecular complexity index is 1580. The first-order chi connectivity index (χ1) is 18.5. The number of thiophene rings is 1. The van der Waals surface area contributed by atoms with Gasteiger partial charge in [0.15, 0.2) is 5.16 Å². The fourth-order valence-corrected chi connectivity index (χ4v) is 6.60. The van der Waals surface area contributed by atoms with Crippen molar-refractivity contribution in [3.63, 3.8) is 0 Å². The summed E-state index contributed by atoms with van der Waals surface area (Å²) in [6, 6.07) is 12.3. The number of hydrogen-bond acceptors (Lipinski definition) is 8. The number of halogens is 1. The molecule has 2 aromatic carbocycles. The molecule has 1 aliphatic rings. The average molecular weight is 569 g/mol. The SMILES string of the molecule is COc1ccc(C=NNC(=O)CSc2nc3sc4c(c3c(=O)n2-c2ccc(Cl)cc2)CCCC4)c(OC)c1. The summed E-state index contributed by atoms with van der Waals surface area (Å²) >= 11 is 8.86. The summed E-state index contributed by atoms with van der Waals surface area (Å²) in [5, 5.41) is 5.76. The summed E-state index contributed by atoms with van der Waals surface area (Å²) in [6.07, 6.45) is 5.55. The first-order valence-electron chi connectivity index (χ1n) is 12.0. The van der Waals surface area contributed by atoms with Gasteiger partial charge in [-0.15, -0.1) is 11.3 Å². The maximum Gasteiger partial charge on any atom is 0.267 e. The van der Waals surface area contributed by atoms with Crippen LogP contribution in [0.15, 0.2) is 57.5 Å². The number of hydrogen-bond donors (Lipinski definition) is 1. The Morgan fingerprint density at radius 2 is 1.97 bits per heavy atom. The van der Waals surface area contributed by atoms with Crippen LogP contribution in [0, 0.1) is 0 Å². The molecule has 2 heterocycles. The van der Waals surface area contributed by atoms with Crippen LogP contribution in [0.5, 0.6) is 11.5 Å². The van der Waals surface area contributed by atoms with Crippen LogP contribution in [0.3, 0.4) is 0 Å². The molecule has 1 N–H and O–H groups in total. The molecule has 5 rings (SSSR count). The third kappa shape index (κ3) is 5.43. The molecule has 0 unspecified atom stereocenters. The summed E-state index contributed by atoms with van der Waals surface area (Å²) in [4.78, 5) is 33.2. The van der Waals surface area contributed by atoms with Crippen LogP contribution in [-0.4, -0.2) is 41.6 Å². The second kappa shape index (κ2) is 11.6. The van der Waals surface area contributed by atoms with Crippen LogP contribution < -0.4 is 20.5 Å². The Morgan fingerprint density at radius 3 is 2.74 bits per heavy atom. The van der Waals surface area contributed by atoms with Gasteiger partial charge in [-0.05, 0) is 67.6 Å². The number of aryl methyl sites for hydroxylation is 2. The van der Waals surface area contributed by atoms with Crippen LogP contribution in [-0.2, 0) is 17.6 Å². The Kier molecular flexibility index (Phi) is 8.01. The number of carbonyl (C=O) groups excluding carboxylic acids is 1. The van der Waals surface area contributed by atoms with Gasteiger partial charge in [0, 0.05) is 21.5 Å². The summed E-state index contributed by atoms with van der Waals surface area (Å²) in [5.41, 5.74) is 4.87. The highest BCUT2D eigenvalue weighted by atomic mass is 35.5. The molecule has 11 heteroatoms. The lowest BCUT2D eigenvalue weighted by Crippen LogP contribution is -2.24. The van der Waals surface area contributed by atoms with E-state index in [1.807, 2.05) is 0 Å². The summed E-state index contributed by atoms with van der Waals surface area (Å²) < 4.78 is 12.1. The number of nitrogens with zero attached hydrogens (tertiary/aromatic N) is 3. The van der Waals surface area contributed by atoms with Crippen LogP contribution in [0.1, 0.15) is 28.8 Å². The topological polar surface area (TPSA) is 94.8 Å². The maximum absolute atomic E-state index is 13.8. The molecule has 0 spiro atoms. The number of nitrogens with one attached hydrogen (secondary N) is 1. The van der Waals surface area contributed by atoms with E-state index < -0.39 is 0 Å². The number of hydrazone groups is 1. The zero-order chi connectivity index (χ0) is 26.6. The van der Waals surface area contributed by atoms with E-state index >= 15 is 0 Å². The Morgan fingerprint density at radius 1 is 1.18 bits per heavy atom. The second-order valence-corrected chi connectivity index (χ2v) is 11.1. The van der Waals surface area contributed by atoms with Crippen LogP contribution in [0.2, 0.25) is 5.02 Å². The number of rotatable bonds is 8. The minimum atomic E-state index is -0.332. The molecule has 0 radical (unpaired) electrons. The zero-order valence-corrected chi connectivity index (χ0v) is 23.2. The smallest absolute Gasteiger partial charge is 0.267 e. The van der Waals surface area contributed by atoms with Gasteiger partial charge in [0.2, 0.25) is 0 Å². The predicted octanol–water partition coefficient (Wildman–Crippen LogP) is 5.24.